The van der Waals surface area contributed by atoms with Crippen LogP contribution in [0.2, 0.25) is 0 Å². The van der Waals surface area contributed by atoms with E-state index in [1.54, 1.807) is 6.08 Å². The summed E-state index contributed by atoms with van der Waals surface area (Å²) < 4.78 is 0. The molecule has 0 aliphatic carbocycles. The molecule has 1 aromatic carbocycles. The second kappa shape index (κ2) is 4.66. The standard InChI is InChI=1S/C11H9NO2.ClH/c13-11(14)10-7-3-5-8-4-1-2-6-9(8)12-10;/h1-7,12H,(H,13,14);1H/p-1. The first kappa shape index (κ1) is 11.3. The lowest BCUT2D eigenvalue weighted by molar-refractivity contribution is -0.299. The van der Waals surface area contributed by atoms with Gasteiger partial charge in [-0.15, -0.1) is 12.4 Å². The number of aliphatic carboxylic acids is 1. The molecule has 2 rings (SSSR count). The second-order valence-corrected chi connectivity index (χ2v) is 2.94. The Hall–Kier alpha value is -1.74. The highest BCUT2D eigenvalue weighted by atomic mass is 35.5. The third-order valence-corrected chi connectivity index (χ3v) is 1.99. The summed E-state index contributed by atoms with van der Waals surface area (Å²) in [5, 5.41) is 13.4. The zero-order chi connectivity index (χ0) is 9.97. The van der Waals surface area contributed by atoms with Crippen LogP contribution in [0.4, 0.5) is 5.69 Å². The molecule has 78 valence electrons. The van der Waals surface area contributed by atoms with Crippen molar-refractivity contribution in [3.05, 3.63) is 47.7 Å². The number of fused-ring (bicyclic) bond motifs is 1. The Labute approximate surface area is 93.5 Å². The van der Waals surface area contributed by atoms with E-state index >= 15 is 0 Å². The molecule has 0 aromatic heterocycles. The van der Waals surface area contributed by atoms with Gasteiger partial charge in [0.1, 0.15) is 0 Å². The monoisotopic (exact) mass is 222 g/mol. The van der Waals surface area contributed by atoms with Gasteiger partial charge in [0.05, 0.1) is 11.7 Å². The van der Waals surface area contributed by atoms with Gasteiger partial charge >= 0.3 is 0 Å². The van der Waals surface area contributed by atoms with E-state index in [-0.39, 0.29) is 18.1 Å². The zero-order valence-corrected chi connectivity index (χ0v) is 8.58. The van der Waals surface area contributed by atoms with E-state index in [4.69, 9.17) is 0 Å². The maximum Gasteiger partial charge on any atom is 0.0878 e. The fourth-order valence-corrected chi connectivity index (χ4v) is 1.31. The number of carboxylic acids is 1. The molecule has 1 aromatic rings. The van der Waals surface area contributed by atoms with Crippen molar-refractivity contribution in [1.29, 1.82) is 0 Å². The Kier molecular flexibility index (Phi) is 3.52. The van der Waals surface area contributed by atoms with Gasteiger partial charge in [0.15, 0.2) is 0 Å². The summed E-state index contributed by atoms with van der Waals surface area (Å²) in [4.78, 5) is 10.6. The molecule has 0 atom stereocenters. The second-order valence-electron chi connectivity index (χ2n) is 2.94. The summed E-state index contributed by atoms with van der Waals surface area (Å²) in [6, 6.07) is 7.47. The summed E-state index contributed by atoms with van der Waals surface area (Å²) >= 11 is 0. The molecule has 1 N–H and O–H groups in total. The maximum absolute atomic E-state index is 10.6. The molecule has 0 fully saturated rings. The van der Waals surface area contributed by atoms with Crippen LogP contribution in [0.1, 0.15) is 5.56 Å². The minimum Gasteiger partial charge on any atom is -0.543 e. The molecular weight excluding hydrogens is 214 g/mol. The van der Waals surface area contributed by atoms with Crippen molar-refractivity contribution < 1.29 is 9.90 Å². The Morgan fingerprint density at radius 1 is 1.27 bits per heavy atom. The van der Waals surface area contributed by atoms with Crippen LogP contribution in [0.15, 0.2) is 42.1 Å². The molecular formula is C11H9ClNO2-. The van der Waals surface area contributed by atoms with Crippen molar-refractivity contribution in [2.75, 3.05) is 5.32 Å². The quantitative estimate of drug-likeness (QED) is 0.777. The fraction of sp³-hybridized carbons (Fsp3) is 0. The number of hydrogen-bond acceptors (Lipinski definition) is 3. The summed E-state index contributed by atoms with van der Waals surface area (Å²) in [5.74, 6) is -1.20. The van der Waals surface area contributed by atoms with Crippen LogP contribution < -0.4 is 10.4 Å². The molecule has 1 aliphatic rings. The number of carboxylic acid groups (broad SMARTS) is 1. The van der Waals surface area contributed by atoms with Crippen LogP contribution in [-0.2, 0) is 4.79 Å². The molecule has 15 heavy (non-hydrogen) atoms. The normalized spacial score (nSPS) is 12.7. The van der Waals surface area contributed by atoms with Gasteiger partial charge < -0.3 is 15.2 Å². The molecule has 1 heterocycles. The molecule has 0 spiro atoms. The van der Waals surface area contributed by atoms with Gasteiger partial charge in [-0.1, -0.05) is 30.4 Å². The number of benzene rings is 1. The number of carbonyl (C=O) groups excluding carboxylic acids is 1. The summed E-state index contributed by atoms with van der Waals surface area (Å²) in [5.41, 5.74) is 1.81. The molecule has 0 bridgehead atoms. The summed E-state index contributed by atoms with van der Waals surface area (Å²) in [6.45, 7) is 0. The van der Waals surface area contributed by atoms with Gasteiger partial charge in [-0.05, 0) is 17.7 Å². The third-order valence-electron chi connectivity index (χ3n) is 1.99. The minimum atomic E-state index is -1.20. The third kappa shape index (κ3) is 2.39. The van der Waals surface area contributed by atoms with Crippen molar-refractivity contribution in [2.24, 2.45) is 0 Å². The van der Waals surface area contributed by atoms with Gasteiger partial charge in [0.25, 0.3) is 0 Å². The maximum atomic E-state index is 10.6. The van der Waals surface area contributed by atoms with Crippen molar-refractivity contribution in [3.63, 3.8) is 0 Å². The summed E-state index contributed by atoms with van der Waals surface area (Å²) in [7, 11) is 0. The topological polar surface area (TPSA) is 52.2 Å². The molecule has 4 heteroatoms. The highest BCUT2D eigenvalue weighted by Gasteiger charge is 2.04. The fourth-order valence-electron chi connectivity index (χ4n) is 1.31. The van der Waals surface area contributed by atoms with Gasteiger partial charge in [0, 0.05) is 5.69 Å². The van der Waals surface area contributed by atoms with Gasteiger partial charge in [-0.25, -0.2) is 0 Å². The SMILES string of the molecule is Cl.O=C([O-])C1=CC=Cc2ccccc2N1. The molecule has 0 saturated heterocycles. The van der Waals surface area contributed by atoms with Crippen LogP contribution in [0, 0.1) is 0 Å². The average molecular weight is 223 g/mol. The van der Waals surface area contributed by atoms with E-state index in [0.717, 1.165) is 11.3 Å². The number of nitrogens with one attached hydrogen (secondary N) is 1. The first-order valence-electron chi connectivity index (χ1n) is 4.23. The Morgan fingerprint density at radius 2 is 2.00 bits per heavy atom. The van der Waals surface area contributed by atoms with E-state index in [2.05, 4.69) is 5.32 Å². The number of allylic oxidation sites excluding steroid dienone is 2. The van der Waals surface area contributed by atoms with E-state index in [1.807, 2.05) is 30.3 Å². The molecule has 0 radical (unpaired) electrons. The highest BCUT2D eigenvalue weighted by molar-refractivity contribution is 5.91. The predicted molar refractivity (Wildman–Crippen MR) is 59.4 cm³/mol. The largest absolute Gasteiger partial charge is 0.543 e. The summed E-state index contributed by atoms with van der Waals surface area (Å²) in [6.07, 6.45) is 5.01. The molecule has 0 amide bonds. The van der Waals surface area contributed by atoms with Gasteiger partial charge in [0.2, 0.25) is 0 Å². The van der Waals surface area contributed by atoms with E-state index in [0.29, 0.717) is 0 Å². The van der Waals surface area contributed by atoms with Crippen LogP contribution in [0.3, 0.4) is 0 Å². The molecule has 0 unspecified atom stereocenters. The lowest BCUT2D eigenvalue weighted by Crippen LogP contribution is -2.28. The van der Waals surface area contributed by atoms with E-state index in [1.165, 1.54) is 6.08 Å². The molecule has 1 aliphatic heterocycles. The Balaban J connectivity index is 0.00000112. The number of hydrogen-bond donors (Lipinski definition) is 1. The smallest absolute Gasteiger partial charge is 0.0878 e. The van der Waals surface area contributed by atoms with Gasteiger partial charge in [-0.2, -0.15) is 0 Å². The first-order valence-corrected chi connectivity index (χ1v) is 4.23. The Morgan fingerprint density at radius 3 is 2.73 bits per heavy atom. The van der Waals surface area contributed by atoms with Crippen molar-refractivity contribution in [1.82, 2.24) is 0 Å². The Bertz CT molecular complexity index is 438. The number of carbonyl (C=O) groups is 1. The highest BCUT2D eigenvalue weighted by Crippen LogP contribution is 2.20. The van der Waals surface area contributed by atoms with Crippen LogP contribution in [0.5, 0.6) is 0 Å². The molecule has 3 nitrogen and oxygen atoms in total. The van der Waals surface area contributed by atoms with Crippen molar-refractivity contribution >= 4 is 30.1 Å². The number of rotatable bonds is 1. The number of anilines is 1. The number of para-hydroxylation sites is 1. The number of halogens is 1. The minimum absolute atomic E-state index is 0. The van der Waals surface area contributed by atoms with Crippen LogP contribution >= 0.6 is 12.4 Å². The first-order chi connectivity index (χ1) is 6.77. The van der Waals surface area contributed by atoms with E-state index in [9.17, 15) is 9.90 Å². The lowest BCUT2D eigenvalue weighted by atomic mass is 10.2. The average Bonchev–Trinajstić information content (AvgIpc) is 2.39. The van der Waals surface area contributed by atoms with Crippen LogP contribution in [0.25, 0.3) is 6.08 Å². The van der Waals surface area contributed by atoms with E-state index < -0.39 is 5.97 Å². The van der Waals surface area contributed by atoms with Crippen molar-refractivity contribution in [3.8, 4) is 0 Å². The van der Waals surface area contributed by atoms with Crippen LogP contribution in [-0.4, -0.2) is 5.97 Å². The lowest BCUT2D eigenvalue weighted by Gasteiger charge is -2.11. The predicted octanol–water partition coefficient (Wildman–Crippen LogP) is 1.18. The molecule has 0 saturated carbocycles. The zero-order valence-electron chi connectivity index (χ0n) is 7.77. The van der Waals surface area contributed by atoms with Gasteiger partial charge in [-0.3, -0.25) is 0 Å². The van der Waals surface area contributed by atoms with Crippen molar-refractivity contribution in [2.45, 2.75) is 0 Å².